The lowest BCUT2D eigenvalue weighted by Gasteiger charge is -2.05. The van der Waals surface area contributed by atoms with Crippen LogP contribution < -0.4 is 5.73 Å². The summed E-state index contributed by atoms with van der Waals surface area (Å²) in [5.74, 6) is -0.732. The molecule has 3 N–H and O–H groups in total. The highest BCUT2D eigenvalue weighted by Crippen LogP contribution is 2.35. The van der Waals surface area contributed by atoms with Crippen LogP contribution in [-0.2, 0) is 11.2 Å². The second-order valence-corrected chi connectivity index (χ2v) is 5.88. The van der Waals surface area contributed by atoms with E-state index in [9.17, 15) is 4.79 Å². The van der Waals surface area contributed by atoms with Gasteiger partial charge in [-0.3, -0.25) is 4.79 Å². The van der Waals surface area contributed by atoms with Crippen molar-refractivity contribution in [1.82, 2.24) is 4.98 Å². The van der Waals surface area contributed by atoms with E-state index >= 15 is 0 Å². The number of aromatic nitrogens is 1. The molecule has 7 heteroatoms. The molecule has 0 spiro atoms. The summed E-state index contributed by atoms with van der Waals surface area (Å²) < 4.78 is 5.70. The number of fused-ring (bicyclic) bond motifs is 1. The smallest absolute Gasteiger partial charge is 0.320 e. The summed E-state index contributed by atoms with van der Waals surface area (Å²) in [5.41, 5.74) is 7.98. The monoisotopic (exact) mass is 350 g/mol. The highest BCUT2D eigenvalue weighted by Gasteiger charge is 2.17. The molecule has 0 radical (unpaired) electrons. The van der Waals surface area contributed by atoms with E-state index in [1.165, 1.54) is 0 Å². The molecule has 0 aliphatic heterocycles. The fourth-order valence-electron chi connectivity index (χ4n) is 2.25. The Morgan fingerprint density at radius 1 is 1.26 bits per heavy atom. The summed E-state index contributed by atoms with van der Waals surface area (Å²) in [7, 11) is 0. The Morgan fingerprint density at radius 2 is 1.96 bits per heavy atom. The number of nitrogens with two attached hydrogens (primary N) is 1. The van der Waals surface area contributed by atoms with Crippen LogP contribution in [0.4, 0.5) is 0 Å². The molecule has 1 aromatic heterocycles. The number of aliphatic carboxylic acids is 1. The van der Waals surface area contributed by atoms with Crippen LogP contribution in [0, 0.1) is 0 Å². The van der Waals surface area contributed by atoms with Crippen molar-refractivity contribution in [3.63, 3.8) is 0 Å². The quantitative estimate of drug-likeness (QED) is 0.747. The van der Waals surface area contributed by atoms with Crippen LogP contribution >= 0.6 is 23.2 Å². The van der Waals surface area contributed by atoms with Crippen molar-refractivity contribution in [2.45, 2.75) is 12.5 Å². The number of hydrogen-bond acceptors (Lipinski definition) is 4. The number of halogens is 2. The topological polar surface area (TPSA) is 89.4 Å². The Morgan fingerprint density at radius 3 is 2.61 bits per heavy atom. The first-order valence-corrected chi connectivity index (χ1v) is 7.53. The molecule has 2 aromatic carbocycles. The van der Waals surface area contributed by atoms with Gasteiger partial charge in [-0.2, -0.15) is 0 Å². The third-order valence-corrected chi connectivity index (χ3v) is 4.03. The zero-order valence-corrected chi connectivity index (χ0v) is 13.3. The number of rotatable bonds is 4. The van der Waals surface area contributed by atoms with E-state index < -0.39 is 12.0 Å². The van der Waals surface area contributed by atoms with Crippen molar-refractivity contribution in [2.75, 3.05) is 0 Å². The van der Waals surface area contributed by atoms with Gasteiger partial charge in [0.1, 0.15) is 11.6 Å². The lowest BCUT2D eigenvalue weighted by Crippen LogP contribution is -2.32. The van der Waals surface area contributed by atoms with Crippen LogP contribution in [0.3, 0.4) is 0 Å². The van der Waals surface area contributed by atoms with Gasteiger partial charge in [-0.15, -0.1) is 0 Å². The maximum atomic E-state index is 10.8. The minimum atomic E-state index is -1.05. The van der Waals surface area contributed by atoms with E-state index in [-0.39, 0.29) is 6.42 Å². The summed E-state index contributed by atoms with van der Waals surface area (Å²) in [6.07, 6.45) is 0.209. The van der Waals surface area contributed by atoms with Gasteiger partial charge >= 0.3 is 5.97 Å². The van der Waals surface area contributed by atoms with E-state index in [1.54, 1.807) is 36.4 Å². The van der Waals surface area contributed by atoms with Crippen molar-refractivity contribution in [2.24, 2.45) is 5.73 Å². The average molecular weight is 351 g/mol. The van der Waals surface area contributed by atoms with Gasteiger partial charge < -0.3 is 15.3 Å². The number of carboxylic acid groups (broad SMARTS) is 1. The van der Waals surface area contributed by atoms with E-state index in [4.69, 9.17) is 38.5 Å². The summed E-state index contributed by atoms with van der Waals surface area (Å²) in [5, 5.41) is 9.77. The second kappa shape index (κ2) is 6.20. The van der Waals surface area contributed by atoms with Crippen molar-refractivity contribution < 1.29 is 14.3 Å². The van der Waals surface area contributed by atoms with E-state index in [0.29, 0.717) is 32.6 Å². The predicted octanol–water partition coefficient (Wildman–Crippen LogP) is 3.76. The van der Waals surface area contributed by atoms with Crippen molar-refractivity contribution >= 4 is 40.3 Å². The van der Waals surface area contributed by atoms with E-state index in [2.05, 4.69) is 4.98 Å². The SMILES string of the molecule is N[C@@H](Cc1ccc2oc(-c3c(Cl)cccc3Cl)nc2c1)C(=O)O. The molecule has 0 bridgehead atoms. The molecule has 1 heterocycles. The number of carbonyl (C=O) groups is 1. The number of hydrogen-bond donors (Lipinski definition) is 2. The first-order valence-electron chi connectivity index (χ1n) is 6.78. The average Bonchev–Trinajstić information content (AvgIpc) is 2.89. The molecular formula is C16H12Cl2N2O3. The van der Waals surface area contributed by atoms with Gasteiger partial charge in [0, 0.05) is 0 Å². The molecule has 0 saturated heterocycles. The first-order chi connectivity index (χ1) is 11.0. The van der Waals surface area contributed by atoms with Gasteiger partial charge in [0.05, 0.1) is 15.6 Å². The molecule has 3 aromatic rings. The molecule has 118 valence electrons. The van der Waals surface area contributed by atoms with Crippen molar-refractivity contribution in [3.8, 4) is 11.5 Å². The lowest BCUT2D eigenvalue weighted by molar-refractivity contribution is -0.138. The molecule has 5 nitrogen and oxygen atoms in total. The van der Waals surface area contributed by atoms with E-state index in [1.807, 2.05) is 0 Å². The third-order valence-electron chi connectivity index (χ3n) is 3.40. The molecule has 0 amide bonds. The van der Waals surface area contributed by atoms with Gasteiger partial charge in [-0.25, -0.2) is 4.98 Å². The van der Waals surface area contributed by atoms with Gasteiger partial charge in [0.2, 0.25) is 5.89 Å². The minimum absolute atomic E-state index is 0.209. The molecule has 0 fully saturated rings. The van der Waals surface area contributed by atoms with E-state index in [0.717, 1.165) is 5.56 Å². The highest BCUT2D eigenvalue weighted by molar-refractivity contribution is 6.38. The molecule has 3 rings (SSSR count). The number of nitrogens with zero attached hydrogens (tertiary/aromatic N) is 1. The lowest BCUT2D eigenvalue weighted by atomic mass is 10.1. The Balaban J connectivity index is 2.01. The fraction of sp³-hybridized carbons (Fsp3) is 0.125. The summed E-state index contributed by atoms with van der Waals surface area (Å²) in [6, 6.07) is 9.41. The Labute approximate surface area is 141 Å². The zero-order chi connectivity index (χ0) is 16.6. The standard InChI is InChI=1S/C16H12Cl2N2O3/c17-9-2-1-3-10(18)14(9)15-20-12-7-8(4-5-13(12)23-15)6-11(19)16(21)22/h1-5,7,11H,6,19H2,(H,21,22)/t11-/m0/s1. The van der Waals surface area contributed by atoms with Crippen molar-refractivity contribution in [3.05, 3.63) is 52.0 Å². The first kappa shape index (κ1) is 15.8. The summed E-state index contributed by atoms with van der Waals surface area (Å²) in [6.45, 7) is 0. The second-order valence-electron chi connectivity index (χ2n) is 5.07. The van der Waals surface area contributed by atoms with Crippen LogP contribution in [0.2, 0.25) is 10.0 Å². The molecular weight excluding hydrogens is 339 g/mol. The fourth-order valence-corrected chi connectivity index (χ4v) is 2.81. The minimum Gasteiger partial charge on any atom is -0.480 e. The highest BCUT2D eigenvalue weighted by atomic mass is 35.5. The van der Waals surface area contributed by atoms with Crippen LogP contribution in [0.15, 0.2) is 40.8 Å². The Kier molecular flexibility index (Phi) is 4.26. The molecule has 0 saturated carbocycles. The Hall–Kier alpha value is -2.08. The van der Waals surface area contributed by atoms with Gasteiger partial charge in [-0.05, 0) is 36.2 Å². The van der Waals surface area contributed by atoms with Crippen LogP contribution in [0.25, 0.3) is 22.6 Å². The molecule has 0 aliphatic carbocycles. The molecule has 0 aliphatic rings. The van der Waals surface area contributed by atoms with Crippen LogP contribution in [-0.4, -0.2) is 22.1 Å². The van der Waals surface area contributed by atoms with Gasteiger partial charge in [0.25, 0.3) is 0 Å². The maximum Gasteiger partial charge on any atom is 0.320 e. The molecule has 23 heavy (non-hydrogen) atoms. The number of oxazole rings is 1. The van der Waals surface area contributed by atoms with Gasteiger partial charge in [0.15, 0.2) is 5.58 Å². The van der Waals surface area contributed by atoms with Crippen LogP contribution in [0.1, 0.15) is 5.56 Å². The van der Waals surface area contributed by atoms with Gasteiger partial charge in [-0.1, -0.05) is 35.3 Å². The third kappa shape index (κ3) is 3.17. The predicted molar refractivity (Wildman–Crippen MR) is 88.8 cm³/mol. The molecule has 1 atom stereocenters. The Bertz CT molecular complexity index is 872. The number of benzene rings is 2. The largest absolute Gasteiger partial charge is 0.480 e. The summed E-state index contributed by atoms with van der Waals surface area (Å²) in [4.78, 5) is 15.2. The maximum absolute atomic E-state index is 10.8. The number of carboxylic acids is 1. The van der Waals surface area contributed by atoms with Crippen molar-refractivity contribution in [1.29, 1.82) is 0 Å². The normalized spacial score (nSPS) is 12.5. The zero-order valence-electron chi connectivity index (χ0n) is 11.8. The van der Waals surface area contributed by atoms with Crippen LogP contribution in [0.5, 0.6) is 0 Å². The molecule has 0 unspecified atom stereocenters. The summed E-state index contributed by atoms with van der Waals surface area (Å²) >= 11 is 12.3.